The maximum Gasteiger partial charge on any atom is 0.415 e. The van der Waals surface area contributed by atoms with Crippen LogP contribution >= 0.6 is 27.5 Å². The Morgan fingerprint density at radius 2 is 2.00 bits per heavy atom. The molecule has 7 heteroatoms. The van der Waals surface area contributed by atoms with Crippen molar-refractivity contribution in [3.8, 4) is 0 Å². The van der Waals surface area contributed by atoms with Crippen LogP contribution in [0.3, 0.4) is 0 Å². The quantitative estimate of drug-likeness (QED) is 0.587. The predicted octanol–water partition coefficient (Wildman–Crippen LogP) is 2.48. The van der Waals surface area contributed by atoms with Crippen molar-refractivity contribution in [1.82, 2.24) is 0 Å². The van der Waals surface area contributed by atoms with Crippen LogP contribution in [-0.2, 0) is 9.53 Å². The molecule has 0 aliphatic carbocycles. The third kappa shape index (κ3) is 2.74. The van der Waals surface area contributed by atoms with Crippen molar-refractivity contribution in [2.75, 3.05) is 12.5 Å². The average Bonchev–Trinajstić information content (AvgIpc) is 2.01. The van der Waals surface area contributed by atoms with Gasteiger partial charge in [0.2, 0.25) is 4.32 Å². The molecule has 0 aromatic rings. The third-order valence-corrected chi connectivity index (χ3v) is 3.01. The first kappa shape index (κ1) is 13.0. The highest BCUT2D eigenvalue weighted by atomic mass is 79.9. The van der Waals surface area contributed by atoms with Crippen molar-refractivity contribution in [3.05, 3.63) is 0 Å². The molecule has 1 atom stereocenters. The van der Waals surface area contributed by atoms with Gasteiger partial charge in [0.15, 0.2) is 0 Å². The Morgan fingerprint density at radius 3 is 2.23 bits per heavy atom. The number of hydrogen-bond donors (Lipinski definition) is 0. The Kier molecular flexibility index (Phi) is 4.51. The molecule has 0 amide bonds. The van der Waals surface area contributed by atoms with Gasteiger partial charge in [-0.2, -0.15) is 13.2 Å². The molecule has 0 heterocycles. The number of ether oxygens (including phenoxy) is 1. The van der Waals surface area contributed by atoms with Crippen LogP contribution in [-0.4, -0.2) is 29.0 Å². The highest BCUT2D eigenvalue weighted by Gasteiger charge is 2.59. The van der Waals surface area contributed by atoms with Crippen LogP contribution in [0.25, 0.3) is 0 Å². The van der Waals surface area contributed by atoms with Gasteiger partial charge in [-0.3, -0.25) is 4.79 Å². The van der Waals surface area contributed by atoms with Gasteiger partial charge in [-0.25, -0.2) is 0 Å². The maximum absolute atomic E-state index is 12.2. The molecule has 78 valence electrons. The fourth-order valence-corrected chi connectivity index (χ4v) is 0.867. The van der Waals surface area contributed by atoms with Gasteiger partial charge in [-0.1, -0.05) is 15.9 Å². The van der Waals surface area contributed by atoms with E-state index in [0.717, 1.165) is 0 Å². The highest BCUT2D eigenvalue weighted by molar-refractivity contribution is 9.10. The van der Waals surface area contributed by atoms with Crippen LogP contribution in [0.2, 0.25) is 0 Å². The van der Waals surface area contributed by atoms with Crippen LogP contribution in [0.5, 0.6) is 0 Å². The summed E-state index contributed by atoms with van der Waals surface area (Å²) in [7, 11) is 0. The minimum absolute atomic E-state index is 0.126. The molecule has 0 aromatic carbocycles. The summed E-state index contributed by atoms with van der Waals surface area (Å²) in [6, 6.07) is 0. The molecule has 0 radical (unpaired) electrons. The summed E-state index contributed by atoms with van der Waals surface area (Å²) in [5, 5.41) is 0. The molecule has 0 aliphatic heterocycles. The average molecular weight is 283 g/mol. The lowest BCUT2D eigenvalue weighted by atomic mass is 10.2. The van der Waals surface area contributed by atoms with Gasteiger partial charge in [0, 0.05) is 0 Å². The van der Waals surface area contributed by atoms with Crippen molar-refractivity contribution in [2.24, 2.45) is 0 Å². The van der Waals surface area contributed by atoms with Gasteiger partial charge >= 0.3 is 12.1 Å². The summed E-state index contributed by atoms with van der Waals surface area (Å²) < 4.78 is 38.2. The molecule has 0 bridgehead atoms. The highest BCUT2D eigenvalue weighted by Crippen LogP contribution is 2.39. The van der Waals surface area contributed by atoms with Crippen LogP contribution < -0.4 is 0 Å². The van der Waals surface area contributed by atoms with E-state index in [2.05, 4.69) is 20.7 Å². The number of carbonyl (C=O) groups excluding carboxylic acids is 1. The fourth-order valence-electron chi connectivity index (χ4n) is 0.492. The van der Waals surface area contributed by atoms with Crippen molar-refractivity contribution in [3.63, 3.8) is 0 Å². The van der Waals surface area contributed by atoms with E-state index in [1.165, 1.54) is 6.92 Å². The van der Waals surface area contributed by atoms with Crippen molar-refractivity contribution < 1.29 is 22.7 Å². The van der Waals surface area contributed by atoms with E-state index in [0.29, 0.717) is 0 Å². The molecule has 2 nitrogen and oxygen atoms in total. The first-order chi connectivity index (χ1) is 5.79. The predicted molar refractivity (Wildman–Crippen MR) is 45.1 cm³/mol. The topological polar surface area (TPSA) is 26.3 Å². The molecule has 0 rings (SSSR count). The van der Waals surface area contributed by atoms with Gasteiger partial charge in [-0.05, 0) is 6.92 Å². The smallest absolute Gasteiger partial charge is 0.415 e. The van der Waals surface area contributed by atoms with Gasteiger partial charge in [0.25, 0.3) is 0 Å². The van der Waals surface area contributed by atoms with E-state index in [1.54, 1.807) is 0 Å². The minimum atomic E-state index is -4.76. The summed E-state index contributed by atoms with van der Waals surface area (Å²) >= 11 is 7.30. The molecule has 0 saturated carbocycles. The molecule has 1 unspecified atom stereocenters. The second-order valence-corrected chi connectivity index (χ2v) is 3.77. The van der Waals surface area contributed by atoms with E-state index in [9.17, 15) is 18.0 Å². The lowest BCUT2D eigenvalue weighted by molar-refractivity contribution is -0.181. The SMILES string of the molecule is CCOC(=O)C(Br)(CCl)C(F)(F)F. The second kappa shape index (κ2) is 4.50. The Balaban J connectivity index is 4.73. The first-order valence-corrected chi connectivity index (χ1v) is 4.61. The number of halogens is 5. The van der Waals surface area contributed by atoms with Gasteiger partial charge < -0.3 is 4.74 Å². The van der Waals surface area contributed by atoms with Gasteiger partial charge in [0.05, 0.1) is 12.5 Å². The summed E-state index contributed by atoms with van der Waals surface area (Å²) in [5.41, 5.74) is 0. The largest absolute Gasteiger partial charge is 0.465 e. The zero-order chi connectivity index (χ0) is 10.7. The number of carbonyl (C=O) groups is 1. The fraction of sp³-hybridized carbons (Fsp3) is 0.833. The Morgan fingerprint density at radius 1 is 1.54 bits per heavy atom. The summed E-state index contributed by atoms with van der Waals surface area (Å²) in [6.07, 6.45) is -4.76. The van der Waals surface area contributed by atoms with E-state index in [4.69, 9.17) is 11.6 Å². The molecule has 0 fully saturated rings. The maximum atomic E-state index is 12.2. The Labute approximate surface area is 86.5 Å². The monoisotopic (exact) mass is 282 g/mol. The number of alkyl halides is 5. The molecule has 0 aliphatic rings. The number of esters is 1. The molecule has 13 heavy (non-hydrogen) atoms. The molecule has 0 spiro atoms. The Bertz CT molecular complexity index is 197. The first-order valence-electron chi connectivity index (χ1n) is 3.28. The normalized spacial score (nSPS) is 16.5. The Hall–Kier alpha value is 0.0300. The van der Waals surface area contributed by atoms with E-state index in [-0.39, 0.29) is 6.61 Å². The van der Waals surface area contributed by atoms with Gasteiger partial charge in [0.1, 0.15) is 0 Å². The minimum Gasteiger partial charge on any atom is -0.465 e. The van der Waals surface area contributed by atoms with E-state index < -0.39 is 22.3 Å². The molecule has 0 aromatic heterocycles. The molecule has 0 N–H and O–H groups in total. The van der Waals surface area contributed by atoms with Crippen LogP contribution in [0.1, 0.15) is 6.92 Å². The number of hydrogen-bond acceptors (Lipinski definition) is 2. The lowest BCUT2D eigenvalue weighted by Crippen LogP contribution is -2.49. The van der Waals surface area contributed by atoms with Crippen molar-refractivity contribution in [2.45, 2.75) is 17.4 Å². The van der Waals surface area contributed by atoms with Crippen molar-refractivity contribution in [1.29, 1.82) is 0 Å². The summed E-state index contributed by atoms with van der Waals surface area (Å²) in [6.45, 7) is 1.29. The van der Waals surface area contributed by atoms with E-state index in [1.807, 2.05) is 0 Å². The van der Waals surface area contributed by atoms with Gasteiger partial charge in [-0.15, -0.1) is 11.6 Å². The van der Waals surface area contributed by atoms with Crippen LogP contribution in [0.4, 0.5) is 13.2 Å². The lowest BCUT2D eigenvalue weighted by Gasteiger charge is -2.25. The third-order valence-electron chi connectivity index (χ3n) is 1.23. The zero-order valence-electron chi connectivity index (χ0n) is 6.62. The molecule has 0 saturated heterocycles. The van der Waals surface area contributed by atoms with E-state index >= 15 is 0 Å². The van der Waals surface area contributed by atoms with Crippen molar-refractivity contribution >= 4 is 33.5 Å². The second-order valence-electron chi connectivity index (χ2n) is 2.15. The molecular formula is C6H7BrClF3O2. The summed E-state index contributed by atoms with van der Waals surface area (Å²) in [5.74, 6) is -2.34. The molecular weight excluding hydrogens is 276 g/mol. The van der Waals surface area contributed by atoms with Crippen LogP contribution in [0.15, 0.2) is 0 Å². The zero-order valence-corrected chi connectivity index (χ0v) is 8.96. The number of rotatable bonds is 3. The standard InChI is InChI=1S/C6H7BrClF3O2/c1-2-13-4(12)5(7,3-8)6(9,10)11/h2-3H2,1H3. The summed E-state index contributed by atoms with van der Waals surface area (Å²) in [4.78, 5) is 10.9. The van der Waals surface area contributed by atoms with Crippen LogP contribution in [0, 0.1) is 0 Å².